The van der Waals surface area contributed by atoms with Crippen LogP contribution in [-0.4, -0.2) is 37.6 Å². The van der Waals surface area contributed by atoms with Gasteiger partial charge in [0.15, 0.2) is 11.5 Å². The van der Waals surface area contributed by atoms with Crippen molar-refractivity contribution in [1.29, 1.82) is 0 Å². The number of benzene rings is 2. The van der Waals surface area contributed by atoms with E-state index in [0.717, 1.165) is 24.4 Å². The second-order valence-electron chi connectivity index (χ2n) is 7.75. The third-order valence-corrected chi connectivity index (χ3v) is 6.22. The van der Waals surface area contributed by atoms with Gasteiger partial charge in [0.05, 0.1) is 23.9 Å². The molecular weight excluding hydrogens is 472 g/mol. The Bertz CT molecular complexity index is 1020. The second-order valence-corrected chi connectivity index (χ2v) is 8.60. The number of nitrogens with one attached hydrogen (secondary N) is 1. The van der Waals surface area contributed by atoms with Crippen LogP contribution < -0.4 is 14.8 Å². The van der Waals surface area contributed by atoms with Gasteiger partial charge >= 0.3 is 0 Å². The molecule has 0 aliphatic carbocycles. The minimum atomic E-state index is -0.172. The van der Waals surface area contributed by atoms with Crippen molar-refractivity contribution >= 4 is 21.8 Å². The molecule has 0 radical (unpaired) electrons. The third kappa shape index (κ3) is 5.34. The summed E-state index contributed by atoms with van der Waals surface area (Å²) in [5, 5.41) is 3.06. The summed E-state index contributed by atoms with van der Waals surface area (Å²) in [5.41, 5.74) is 1.55. The fourth-order valence-corrected chi connectivity index (χ4v) is 4.51. The van der Waals surface area contributed by atoms with E-state index in [1.54, 1.807) is 25.5 Å². The van der Waals surface area contributed by atoms with Gasteiger partial charge in [0.2, 0.25) is 0 Å². The lowest BCUT2D eigenvalue weighted by molar-refractivity contribution is 0.0933. The Morgan fingerprint density at radius 2 is 1.94 bits per heavy atom. The molecule has 1 amide bonds. The molecule has 7 heteroatoms. The van der Waals surface area contributed by atoms with Crippen LogP contribution in [0.2, 0.25) is 0 Å². The monoisotopic (exact) mass is 498 g/mol. The lowest BCUT2D eigenvalue weighted by Gasteiger charge is -2.26. The zero-order chi connectivity index (χ0) is 22.3. The third-order valence-electron chi connectivity index (χ3n) is 5.63. The van der Waals surface area contributed by atoms with E-state index >= 15 is 0 Å². The van der Waals surface area contributed by atoms with Crippen LogP contribution in [-0.2, 0) is 6.61 Å². The van der Waals surface area contributed by atoms with Gasteiger partial charge in [0.1, 0.15) is 12.4 Å². The number of hydrogen-bond acceptors (Lipinski definition) is 5. The topological polar surface area (TPSA) is 63.9 Å². The SMILES string of the molecule is COc1cc(C(=O)NC[C@H](c2ccco2)N2CCCC2)cc(Br)c1OCc1ccccc1. The van der Waals surface area contributed by atoms with Crippen molar-refractivity contribution in [3.8, 4) is 11.5 Å². The van der Waals surface area contributed by atoms with Crippen molar-refractivity contribution < 1.29 is 18.7 Å². The van der Waals surface area contributed by atoms with Gasteiger partial charge in [0.25, 0.3) is 5.91 Å². The summed E-state index contributed by atoms with van der Waals surface area (Å²) in [6, 6.07) is 17.2. The number of ether oxygens (including phenoxy) is 2. The van der Waals surface area contributed by atoms with E-state index in [0.29, 0.717) is 34.7 Å². The predicted octanol–water partition coefficient (Wildman–Crippen LogP) is 5.20. The quantitative estimate of drug-likeness (QED) is 0.439. The summed E-state index contributed by atoms with van der Waals surface area (Å²) in [6.07, 6.45) is 4.01. The lowest BCUT2D eigenvalue weighted by atomic mass is 10.1. The maximum Gasteiger partial charge on any atom is 0.251 e. The fourth-order valence-electron chi connectivity index (χ4n) is 3.96. The molecule has 0 bridgehead atoms. The van der Waals surface area contributed by atoms with E-state index in [9.17, 15) is 4.79 Å². The van der Waals surface area contributed by atoms with Gasteiger partial charge in [-0.15, -0.1) is 0 Å². The number of nitrogens with zero attached hydrogens (tertiary/aromatic N) is 1. The number of rotatable bonds is 9. The largest absolute Gasteiger partial charge is 0.493 e. The minimum Gasteiger partial charge on any atom is -0.493 e. The van der Waals surface area contributed by atoms with Crippen LogP contribution in [0.3, 0.4) is 0 Å². The van der Waals surface area contributed by atoms with Gasteiger partial charge in [-0.25, -0.2) is 0 Å². The zero-order valence-corrected chi connectivity index (χ0v) is 19.6. The molecular formula is C25H27BrN2O4. The van der Waals surface area contributed by atoms with Crippen LogP contribution in [0.25, 0.3) is 0 Å². The van der Waals surface area contributed by atoms with Gasteiger partial charge in [-0.05, 0) is 71.7 Å². The van der Waals surface area contributed by atoms with Crippen LogP contribution in [0.15, 0.2) is 69.8 Å². The highest BCUT2D eigenvalue weighted by molar-refractivity contribution is 9.10. The average Bonchev–Trinajstić information content (AvgIpc) is 3.54. The van der Waals surface area contributed by atoms with E-state index in [1.807, 2.05) is 42.5 Å². The van der Waals surface area contributed by atoms with Gasteiger partial charge in [-0.1, -0.05) is 30.3 Å². The van der Waals surface area contributed by atoms with Crippen molar-refractivity contribution in [2.75, 3.05) is 26.7 Å². The molecule has 0 unspecified atom stereocenters. The van der Waals surface area contributed by atoms with E-state index < -0.39 is 0 Å². The Hall–Kier alpha value is -2.77. The minimum absolute atomic E-state index is 0.0234. The summed E-state index contributed by atoms with van der Waals surface area (Å²) in [4.78, 5) is 15.3. The average molecular weight is 499 g/mol. The number of hydrogen-bond donors (Lipinski definition) is 1. The predicted molar refractivity (Wildman–Crippen MR) is 126 cm³/mol. The molecule has 0 saturated carbocycles. The molecule has 1 atom stereocenters. The highest BCUT2D eigenvalue weighted by Crippen LogP contribution is 2.37. The maximum absolute atomic E-state index is 13.0. The first kappa shape index (κ1) is 22.4. The number of carbonyl (C=O) groups is 1. The molecule has 1 fully saturated rings. The second kappa shape index (κ2) is 10.7. The molecule has 168 valence electrons. The van der Waals surface area contributed by atoms with Crippen molar-refractivity contribution in [2.24, 2.45) is 0 Å². The van der Waals surface area contributed by atoms with Crippen LogP contribution in [0.4, 0.5) is 0 Å². The van der Waals surface area contributed by atoms with E-state index in [-0.39, 0.29) is 11.9 Å². The molecule has 2 aromatic carbocycles. The smallest absolute Gasteiger partial charge is 0.251 e. The van der Waals surface area contributed by atoms with Crippen LogP contribution in [0, 0.1) is 0 Å². The molecule has 1 aliphatic heterocycles. The molecule has 3 aromatic rings. The highest BCUT2D eigenvalue weighted by Gasteiger charge is 2.26. The van der Waals surface area contributed by atoms with Crippen molar-refractivity contribution in [3.05, 3.63) is 82.2 Å². The Morgan fingerprint density at radius 3 is 2.62 bits per heavy atom. The van der Waals surface area contributed by atoms with Crippen LogP contribution in [0.1, 0.15) is 40.6 Å². The number of amides is 1. The molecule has 1 aliphatic rings. The first-order valence-corrected chi connectivity index (χ1v) is 11.5. The fraction of sp³-hybridized carbons (Fsp3) is 0.320. The van der Waals surface area contributed by atoms with Crippen molar-refractivity contribution in [1.82, 2.24) is 10.2 Å². The summed E-state index contributed by atoms with van der Waals surface area (Å²) in [5.74, 6) is 1.77. The van der Waals surface area contributed by atoms with Gasteiger partial charge < -0.3 is 19.2 Å². The number of likely N-dealkylation sites (tertiary alicyclic amines) is 1. The molecule has 6 nitrogen and oxygen atoms in total. The standard InChI is InChI=1S/C25H27BrN2O4/c1-30-23-15-19(14-20(26)24(23)32-17-18-8-3-2-4-9-18)25(29)27-16-21(22-10-7-13-31-22)28-11-5-6-12-28/h2-4,7-10,13-15,21H,5-6,11-12,16-17H2,1H3,(H,27,29)/t21-/m1/s1. The van der Waals surface area contributed by atoms with Crippen molar-refractivity contribution in [3.63, 3.8) is 0 Å². The van der Waals surface area contributed by atoms with Gasteiger partial charge in [-0.3, -0.25) is 9.69 Å². The maximum atomic E-state index is 13.0. The van der Waals surface area contributed by atoms with Gasteiger partial charge in [-0.2, -0.15) is 0 Å². The molecule has 0 spiro atoms. The Morgan fingerprint density at radius 1 is 1.16 bits per heavy atom. The Kier molecular flexibility index (Phi) is 7.50. The van der Waals surface area contributed by atoms with Gasteiger partial charge in [0, 0.05) is 12.1 Å². The summed E-state index contributed by atoms with van der Waals surface area (Å²) in [6.45, 7) is 2.89. The molecule has 4 rings (SSSR count). The molecule has 1 aromatic heterocycles. The van der Waals surface area contributed by atoms with Crippen LogP contribution >= 0.6 is 15.9 Å². The van der Waals surface area contributed by atoms with Crippen LogP contribution in [0.5, 0.6) is 11.5 Å². The first-order valence-electron chi connectivity index (χ1n) is 10.8. The number of furan rings is 1. The molecule has 2 heterocycles. The zero-order valence-electron chi connectivity index (χ0n) is 18.1. The Balaban J connectivity index is 1.45. The number of methoxy groups -OCH3 is 1. The first-order chi connectivity index (χ1) is 15.7. The van der Waals surface area contributed by atoms with E-state index in [4.69, 9.17) is 13.9 Å². The summed E-state index contributed by atoms with van der Waals surface area (Å²) < 4.78 is 17.8. The normalized spacial score (nSPS) is 14.8. The lowest BCUT2D eigenvalue weighted by Crippen LogP contribution is -2.36. The molecule has 1 N–H and O–H groups in total. The highest BCUT2D eigenvalue weighted by atomic mass is 79.9. The number of halogens is 1. The summed E-state index contributed by atoms with van der Waals surface area (Å²) >= 11 is 3.54. The van der Waals surface area contributed by atoms with Crippen molar-refractivity contribution in [2.45, 2.75) is 25.5 Å². The van der Waals surface area contributed by atoms with E-state index in [2.05, 4.69) is 26.1 Å². The Labute approximate surface area is 196 Å². The molecule has 32 heavy (non-hydrogen) atoms. The number of carbonyl (C=O) groups excluding carboxylic acids is 1. The molecule has 1 saturated heterocycles. The van der Waals surface area contributed by atoms with E-state index in [1.165, 1.54) is 12.8 Å². The summed E-state index contributed by atoms with van der Waals surface area (Å²) in [7, 11) is 1.57.